The molecular formula is C21H30N4O5. The molecule has 0 radical (unpaired) electrons. The third kappa shape index (κ3) is 6.43. The van der Waals surface area contributed by atoms with Gasteiger partial charge in [-0.1, -0.05) is 6.07 Å². The Hall–Kier alpha value is -2.65. The summed E-state index contributed by atoms with van der Waals surface area (Å²) in [5.74, 6) is -2.02. The number of nitrogens with one attached hydrogen (secondary N) is 1. The maximum Gasteiger partial charge on any atom is 0.308 e. The highest BCUT2D eigenvalue weighted by Gasteiger charge is 2.28. The standard InChI is InChI=1S/C21H30N4O5/c26-18-5-3-4-17(13-18)22-19(27)12-16(21(29)30)14-23-8-10-24(11-9-23)15-20(28)25-6-1-2-7-25/h3-5,13,16,26H,1-2,6-12,14-15H2,(H,22,27)(H,29,30)/t16-/m1/s1. The molecule has 0 unspecified atom stereocenters. The molecule has 2 aliphatic heterocycles. The SMILES string of the molecule is O=C(C[C@H](CN1CCN(CC(=O)N2CCCC2)CC1)C(=O)O)Nc1cccc(O)c1. The molecule has 3 N–H and O–H groups in total. The first-order chi connectivity index (χ1) is 14.4. The molecule has 9 heteroatoms. The second-order valence-corrected chi connectivity index (χ2v) is 8.00. The number of nitrogens with zero attached hydrogens (tertiary/aromatic N) is 3. The smallest absolute Gasteiger partial charge is 0.308 e. The van der Waals surface area contributed by atoms with Gasteiger partial charge in [-0.05, 0) is 25.0 Å². The van der Waals surface area contributed by atoms with Crippen molar-refractivity contribution in [3.05, 3.63) is 24.3 Å². The van der Waals surface area contributed by atoms with Gasteiger partial charge in [0.05, 0.1) is 12.5 Å². The van der Waals surface area contributed by atoms with Crippen molar-refractivity contribution in [1.82, 2.24) is 14.7 Å². The van der Waals surface area contributed by atoms with Crippen LogP contribution in [0.15, 0.2) is 24.3 Å². The Morgan fingerprint density at radius 1 is 1.00 bits per heavy atom. The summed E-state index contributed by atoms with van der Waals surface area (Å²) >= 11 is 0. The number of carbonyl (C=O) groups is 3. The summed E-state index contributed by atoms with van der Waals surface area (Å²) in [6.45, 7) is 5.17. The molecule has 0 bridgehead atoms. The fourth-order valence-corrected chi connectivity index (χ4v) is 3.95. The number of carboxylic acids is 1. The number of phenolic OH excluding ortho intramolecular Hbond substituents is 1. The van der Waals surface area contributed by atoms with Gasteiger partial charge in [-0.25, -0.2) is 0 Å². The highest BCUT2D eigenvalue weighted by Crippen LogP contribution is 2.17. The maximum atomic E-state index is 12.3. The molecule has 2 heterocycles. The number of piperazine rings is 1. The van der Waals surface area contributed by atoms with Crippen LogP contribution in [0.1, 0.15) is 19.3 Å². The van der Waals surface area contributed by atoms with Crippen molar-refractivity contribution >= 4 is 23.5 Å². The molecule has 0 aliphatic carbocycles. The van der Waals surface area contributed by atoms with Gasteiger partial charge >= 0.3 is 5.97 Å². The van der Waals surface area contributed by atoms with E-state index in [0.717, 1.165) is 25.9 Å². The minimum absolute atomic E-state index is 0.0312. The highest BCUT2D eigenvalue weighted by molar-refractivity contribution is 5.93. The summed E-state index contributed by atoms with van der Waals surface area (Å²) in [7, 11) is 0. The molecule has 2 amide bonds. The van der Waals surface area contributed by atoms with Crippen LogP contribution in [0.5, 0.6) is 5.75 Å². The van der Waals surface area contributed by atoms with Crippen LogP contribution in [0.3, 0.4) is 0 Å². The number of likely N-dealkylation sites (tertiary alicyclic amines) is 1. The number of carboxylic acid groups (broad SMARTS) is 1. The summed E-state index contributed by atoms with van der Waals surface area (Å²) in [5, 5.41) is 21.6. The van der Waals surface area contributed by atoms with Crippen molar-refractivity contribution in [2.45, 2.75) is 19.3 Å². The molecule has 1 aromatic rings. The Balaban J connectivity index is 1.43. The molecule has 1 atom stereocenters. The molecule has 9 nitrogen and oxygen atoms in total. The van der Waals surface area contributed by atoms with Gasteiger partial charge in [-0.15, -0.1) is 0 Å². The maximum absolute atomic E-state index is 12.3. The van der Waals surface area contributed by atoms with Crippen molar-refractivity contribution in [2.75, 3.05) is 57.7 Å². The van der Waals surface area contributed by atoms with Crippen LogP contribution in [-0.2, 0) is 14.4 Å². The molecule has 3 rings (SSSR count). The van der Waals surface area contributed by atoms with Gasteiger partial charge in [-0.3, -0.25) is 24.2 Å². The average Bonchev–Trinajstić information content (AvgIpc) is 3.24. The van der Waals surface area contributed by atoms with Gasteiger partial charge in [0, 0.05) is 64.0 Å². The molecule has 164 valence electrons. The average molecular weight is 418 g/mol. The fourth-order valence-electron chi connectivity index (χ4n) is 3.95. The third-order valence-corrected chi connectivity index (χ3v) is 5.67. The molecule has 2 aliphatic rings. The largest absolute Gasteiger partial charge is 0.508 e. The summed E-state index contributed by atoms with van der Waals surface area (Å²) in [6, 6.07) is 6.15. The van der Waals surface area contributed by atoms with Crippen LogP contribution >= 0.6 is 0 Å². The van der Waals surface area contributed by atoms with Crippen LogP contribution < -0.4 is 5.32 Å². The van der Waals surface area contributed by atoms with Gasteiger partial charge in [0.1, 0.15) is 5.75 Å². The van der Waals surface area contributed by atoms with Gasteiger partial charge < -0.3 is 20.4 Å². The number of hydrogen-bond donors (Lipinski definition) is 3. The Morgan fingerprint density at radius 2 is 1.67 bits per heavy atom. The zero-order valence-electron chi connectivity index (χ0n) is 17.1. The third-order valence-electron chi connectivity index (χ3n) is 5.67. The Labute approximate surface area is 176 Å². The van der Waals surface area contributed by atoms with Gasteiger partial charge in [0.15, 0.2) is 0 Å². The molecule has 2 fully saturated rings. The Kier molecular flexibility index (Phi) is 7.64. The number of rotatable bonds is 8. The predicted octanol–water partition coefficient (Wildman–Crippen LogP) is 0.662. The molecule has 0 aromatic heterocycles. The van der Waals surface area contributed by atoms with Crippen molar-refractivity contribution in [3.63, 3.8) is 0 Å². The normalized spacial score (nSPS) is 18.9. The first-order valence-electron chi connectivity index (χ1n) is 10.4. The first kappa shape index (κ1) is 22.0. The van der Waals surface area contributed by atoms with E-state index in [1.54, 1.807) is 12.1 Å². The number of aliphatic carboxylic acids is 1. The van der Waals surface area contributed by atoms with E-state index < -0.39 is 17.8 Å². The van der Waals surface area contributed by atoms with E-state index in [4.69, 9.17) is 0 Å². The molecule has 0 spiro atoms. The lowest BCUT2D eigenvalue weighted by atomic mass is 10.0. The van der Waals surface area contributed by atoms with Gasteiger partial charge in [0.25, 0.3) is 0 Å². The minimum Gasteiger partial charge on any atom is -0.508 e. The lowest BCUT2D eigenvalue weighted by molar-refractivity contribution is -0.144. The lowest BCUT2D eigenvalue weighted by Gasteiger charge is -2.36. The van der Waals surface area contributed by atoms with E-state index in [1.165, 1.54) is 12.1 Å². The lowest BCUT2D eigenvalue weighted by Crippen LogP contribution is -2.51. The molecular weight excluding hydrogens is 388 g/mol. The number of hydrogen-bond acceptors (Lipinski definition) is 6. The number of phenols is 1. The number of carbonyl (C=O) groups excluding carboxylic acids is 2. The number of amides is 2. The number of aromatic hydroxyl groups is 1. The topological polar surface area (TPSA) is 113 Å². The van der Waals surface area contributed by atoms with E-state index in [2.05, 4.69) is 10.2 Å². The summed E-state index contributed by atoms with van der Waals surface area (Å²) in [4.78, 5) is 42.3. The number of anilines is 1. The summed E-state index contributed by atoms with van der Waals surface area (Å²) in [5.41, 5.74) is 0.431. The van der Waals surface area contributed by atoms with Crippen molar-refractivity contribution in [1.29, 1.82) is 0 Å². The van der Waals surface area contributed by atoms with Gasteiger partial charge in [-0.2, -0.15) is 0 Å². The second kappa shape index (κ2) is 10.4. The quantitative estimate of drug-likeness (QED) is 0.568. The van der Waals surface area contributed by atoms with Crippen LogP contribution in [-0.4, -0.2) is 95.1 Å². The Bertz CT molecular complexity index is 758. The monoisotopic (exact) mass is 418 g/mol. The predicted molar refractivity (Wildman–Crippen MR) is 111 cm³/mol. The molecule has 0 saturated carbocycles. The van der Waals surface area contributed by atoms with Crippen molar-refractivity contribution in [2.24, 2.45) is 5.92 Å². The van der Waals surface area contributed by atoms with Crippen molar-refractivity contribution in [3.8, 4) is 5.75 Å². The van der Waals surface area contributed by atoms with Crippen molar-refractivity contribution < 1.29 is 24.6 Å². The van der Waals surface area contributed by atoms with Crippen LogP contribution in [0, 0.1) is 5.92 Å². The highest BCUT2D eigenvalue weighted by atomic mass is 16.4. The van der Waals surface area contributed by atoms with E-state index in [1.807, 2.05) is 9.80 Å². The van der Waals surface area contributed by atoms with Gasteiger partial charge in [0.2, 0.25) is 11.8 Å². The molecule has 2 saturated heterocycles. The summed E-state index contributed by atoms with van der Waals surface area (Å²) < 4.78 is 0. The second-order valence-electron chi connectivity index (χ2n) is 8.00. The zero-order valence-corrected chi connectivity index (χ0v) is 17.1. The Morgan fingerprint density at radius 3 is 2.30 bits per heavy atom. The van der Waals surface area contributed by atoms with E-state index in [-0.39, 0.29) is 24.6 Å². The van der Waals surface area contributed by atoms with E-state index in [9.17, 15) is 24.6 Å². The van der Waals surface area contributed by atoms with Crippen LogP contribution in [0.2, 0.25) is 0 Å². The fraction of sp³-hybridized carbons (Fsp3) is 0.571. The van der Waals surface area contributed by atoms with Crippen LogP contribution in [0.25, 0.3) is 0 Å². The van der Waals surface area contributed by atoms with Crippen LogP contribution in [0.4, 0.5) is 5.69 Å². The number of benzene rings is 1. The first-order valence-corrected chi connectivity index (χ1v) is 10.4. The summed E-state index contributed by atoms with van der Waals surface area (Å²) in [6.07, 6.45) is 2.02. The molecule has 30 heavy (non-hydrogen) atoms. The van der Waals surface area contributed by atoms with E-state index in [0.29, 0.717) is 38.4 Å². The minimum atomic E-state index is -1.01. The zero-order chi connectivity index (χ0) is 21.5. The van der Waals surface area contributed by atoms with E-state index >= 15 is 0 Å². The molecule has 1 aromatic carbocycles.